The van der Waals surface area contributed by atoms with E-state index >= 15 is 0 Å². The van der Waals surface area contributed by atoms with Crippen molar-refractivity contribution in [2.75, 3.05) is 48.3 Å². The predicted octanol–water partition coefficient (Wildman–Crippen LogP) is 0.692. The Morgan fingerprint density at radius 3 is 2.20 bits per heavy atom. The van der Waals surface area contributed by atoms with Crippen molar-refractivity contribution in [2.24, 2.45) is 0 Å². The molecule has 0 aromatic heterocycles. The summed E-state index contributed by atoms with van der Waals surface area (Å²) in [5.41, 5.74) is -0.857. The first kappa shape index (κ1) is 42.0. The van der Waals surface area contributed by atoms with Gasteiger partial charge < -0.3 is 78.0 Å². The van der Waals surface area contributed by atoms with Crippen molar-refractivity contribution >= 4 is 18.0 Å². The van der Waals surface area contributed by atoms with E-state index in [-0.39, 0.29) is 40.9 Å². The fraction of sp³-hybridized carbons (Fsp3) is 0.421. The highest BCUT2D eigenvalue weighted by atomic mass is 16.7. The van der Waals surface area contributed by atoms with Crippen molar-refractivity contribution in [2.45, 2.75) is 55.3 Å². The van der Waals surface area contributed by atoms with Gasteiger partial charge in [0.05, 0.1) is 47.2 Å². The van der Waals surface area contributed by atoms with Crippen molar-refractivity contribution < 1.29 is 87.6 Å². The van der Waals surface area contributed by atoms with Gasteiger partial charge in [-0.1, -0.05) is 12.1 Å². The zero-order valence-corrected chi connectivity index (χ0v) is 30.8. The van der Waals surface area contributed by atoms with Crippen LogP contribution in [0, 0.1) is 0 Å². The van der Waals surface area contributed by atoms with Crippen molar-refractivity contribution in [1.82, 2.24) is 0 Å². The fourth-order valence-corrected chi connectivity index (χ4v) is 5.69. The molecular weight excluding hydrogens is 744 g/mol. The van der Waals surface area contributed by atoms with Crippen LogP contribution in [-0.4, -0.2) is 140 Å². The van der Waals surface area contributed by atoms with Crippen LogP contribution in [-0.2, 0) is 35.1 Å². The van der Waals surface area contributed by atoms with Crippen LogP contribution in [0.15, 0.2) is 60.7 Å². The zero-order valence-electron chi connectivity index (χ0n) is 30.8. The Kier molecular flexibility index (Phi) is 14.0. The van der Waals surface area contributed by atoms with Gasteiger partial charge in [0, 0.05) is 6.08 Å². The van der Waals surface area contributed by atoms with Crippen LogP contribution in [0.1, 0.15) is 21.5 Å². The summed E-state index contributed by atoms with van der Waals surface area (Å²) in [6.45, 7) is -1.80. The van der Waals surface area contributed by atoms with Crippen molar-refractivity contribution in [3.05, 3.63) is 77.4 Å². The highest BCUT2D eigenvalue weighted by Crippen LogP contribution is 2.34. The van der Waals surface area contributed by atoms with E-state index in [1.54, 1.807) is 18.2 Å². The van der Waals surface area contributed by atoms with Crippen molar-refractivity contribution in [3.63, 3.8) is 0 Å². The number of hydrogen-bond acceptors (Lipinski definition) is 18. The first-order chi connectivity index (χ1) is 26.8. The molecular formula is C38H44O18. The summed E-state index contributed by atoms with van der Waals surface area (Å²) in [6, 6.07) is 13.4. The molecule has 3 aromatic rings. The monoisotopic (exact) mass is 788 g/mol. The van der Waals surface area contributed by atoms with E-state index in [9.17, 15) is 40.2 Å². The summed E-state index contributed by atoms with van der Waals surface area (Å²) >= 11 is 0. The first-order valence-electron chi connectivity index (χ1n) is 17.1. The van der Waals surface area contributed by atoms with Crippen LogP contribution in [0.2, 0.25) is 0 Å². The molecule has 18 heteroatoms. The molecule has 8 unspecified atom stereocenters. The molecule has 2 heterocycles. The van der Waals surface area contributed by atoms with Crippen LogP contribution in [0.3, 0.4) is 0 Å². The molecule has 56 heavy (non-hydrogen) atoms. The number of phenols is 1. The number of ether oxygens (including phenoxy) is 10. The number of carbonyl (C=O) groups is 2. The highest BCUT2D eigenvalue weighted by molar-refractivity contribution is 5.90. The third-order valence-electron chi connectivity index (χ3n) is 8.94. The average molecular weight is 789 g/mol. The van der Waals surface area contributed by atoms with Crippen molar-refractivity contribution in [3.8, 4) is 34.5 Å². The van der Waals surface area contributed by atoms with Gasteiger partial charge in [0.2, 0.25) is 6.29 Å². The number of aliphatic hydroxyl groups is 5. The summed E-state index contributed by atoms with van der Waals surface area (Å²) in [5.74, 6) is -0.369. The Morgan fingerprint density at radius 2 is 1.48 bits per heavy atom. The first-order valence-corrected chi connectivity index (χ1v) is 17.1. The summed E-state index contributed by atoms with van der Waals surface area (Å²) in [5, 5.41) is 63.5. The maximum atomic E-state index is 12.7. The molecule has 5 rings (SSSR count). The van der Waals surface area contributed by atoms with Gasteiger partial charge in [-0.05, 0) is 59.7 Å². The number of phenolic OH excluding ortho intramolecular Hbond substituents is 1. The second-order valence-corrected chi connectivity index (χ2v) is 12.7. The van der Waals surface area contributed by atoms with Crippen molar-refractivity contribution in [1.29, 1.82) is 0 Å². The van der Waals surface area contributed by atoms with Gasteiger partial charge in [-0.3, -0.25) is 0 Å². The highest BCUT2D eigenvalue weighted by Gasteiger charge is 2.51. The largest absolute Gasteiger partial charge is 0.504 e. The Bertz CT molecular complexity index is 1850. The second kappa shape index (κ2) is 18.6. The lowest BCUT2D eigenvalue weighted by Gasteiger charge is -2.40. The van der Waals surface area contributed by atoms with E-state index in [0.29, 0.717) is 16.9 Å². The summed E-state index contributed by atoms with van der Waals surface area (Å²) in [6.07, 6.45) is -8.52. The molecule has 2 aliphatic heterocycles. The maximum Gasteiger partial charge on any atom is 0.338 e. The molecule has 2 saturated heterocycles. The van der Waals surface area contributed by atoms with E-state index in [1.165, 1.54) is 77.0 Å². The molecule has 0 amide bonds. The minimum atomic E-state index is -2.07. The molecule has 2 fully saturated rings. The van der Waals surface area contributed by atoms with Crippen LogP contribution < -0.4 is 23.7 Å². The standard InChI is InChI=1S/C38H44O18/c1-47-24-11-8-22(15-28(24)50-4)35(45)53-18-38(46)19-54-37(34(38)44)52-17-29-31(41)32(42)33(43)36(56-29)55-25-10-6-21(14-27(25)49-3)16-51-30(40)12-7-20-5-9-23(39)26(13-20)48-2/h5-15,29,31-34,36-37,39,41-44,46H,16-19H2,1-4H3. The smallest absolute Gasteiger partial charge is 0.338 e. The summed E-state index contributed by atoms with van der Waals surface area (Å²) in [4.78, 5) is 25.0. The number of hydrogen-bond donors (Lipinski definition) is 6. The molecule has 2 aliphatic rings. The molecule has 8 atom stereocenters. The third kappa shape index (κ3) is 9.78. The normalized spacial score (nSPS) is 26.1. The molecule has 3 aromatic carbocycles. The minimum absolute atomic E-state index is 0.0424. The average Bonchev–Trinajstić information content (AvgIpc) is 3.50. The minimum Gasteiger partial charge on any atom is -0.504 e. The van der Waals surface area contributed by atoms with Crippen LogP contribution in [0.4, 0.5) is 0 Å². The van der Waals surface area contributed by atoms with Gasteiger partial charge in [0.25, 0.3) is 0 Å². The van der Waals surface area contributed by atoms with Gasteiger partial charge in [-0.15, -0.1) is 0 Å². The number of aliphatic hydroxyl groups excluding tert-OH is 4. The van der Waals surface area contributed by atoms with Gasteiger partial charge in [0.1, 0.15) is 43.7 Å². The summed E-state index contributed by atoms with van der Waals surface area (Å²) < 4.78 is 53.9. The van der Waals surface area contributed by atoms with Crippen LogP contribution >= 0.6 is 0 Å². The quantitative estimate of drug-likeness (QED) is 0.0863. The van der Waals surface area contributed by atoms with E-state index < -0.39 is 80.5 Å². The van der Waals surface area contributed by atoms with Gasteiger partial charge in [0.15, 0.2) is 46.4 Å². The molecule has 6 N–H and O–H groups in total. The molecule has 0 aliphatic carbocycles. The molecule has 0 radical (unpaired) electrons. The lowest BCUT2D eigenvalue weighted by Crippen LogP contribution is -2.60. The zero-order chi connectivity index (χ0) is 40.6. The van der Waals surface area contributed by atoms with E-state index in [4.69, 9.17) is 47.4 Å². The number of carbonyl (C=O) groups excluding carboxylic acids is 2. The number of esters is 2. The molecule has 304 valence electrons. The third-order valence-corrected chi connectivity index (χ3v) is 8.94. The maximum absolute atomic E-state index is 12.7. The van der Waals surface area contributed by atoms with Gasteiger partial charge in [-0.25, -0.2) is 9.59 Å². The molecule has 18 nitrogen and oxygen atoms in total. The number of aromatic hydroxyl groups is 1. The van der Waals surface area contributed by atoms with Gasteiger partial charge >= 0.3 is 11.9 Å². The van der Waals surface area contributed by atoms with E-state index in [1.807, 2.05) is 0 Å². The molecule has 0 spiro atoms. The Hall–Kier alpha value is -5.18. The Morgan fingerprint density at radius 1 is 0.786 bits per heavy atom. The summed E-state index contributed by atoms with van der Waals surface area (Å²) in [7, 11) is 5.60. The number of methoxy groups -OCH3 is 4. The number of benzene rings is 3. The Balaban J connectivity index is 1.14. The lowest BCUT2D eigenvalue weighted by atomic mass is 9.99. The van der Waals surface area contributed by atoms with Crippen LogP contribution in [0.25, 0.3) is 6.08 Å². The van der Waals surface area contributed by atoms with E-state index in [0.717, 1.165) is 0 Å². The molecule has 0 saturated carbocycles. The topological polar surface area (TPSA) is 248 Å². The number of rotatable bonds is 16. The van der Waals surface area contributed by atoms with Gasteiger partial charge in [-0.2, -0.15) is 0 Å². The van der Waals surface area contributed by atoms with E-state index in [2.05, 4.69) is 0 Å². The SMILES string of the molecule is COc1cc(C=CC(=O)OCc2ccc(OC3OC(COC4OCC(O)(COC(=O)c5ccc(OC)c(OC)c5)C4O)C(O)C(O)C3O)c(OC)c2)ccc1O. The fourth-order valence-electron chi connectivity index (χ4n) is 5.69. The Labute approximate surface area is 320 Å². The predicted molar refractivity (Wildman–Crippen MR) is 190 cm³/mol. The van der Waals surface area contributed by atoms with Crippen LogP contribution in [0.5, 0.6) is 34.5 Å². The lowest BCUT2D eigenvalue weighted by molar-refractivity contribution is -0.289. The molecule has 0 bridgehead atoms. The second-order valence-electron chi connectivity index (χ2n) is 12.7.